The summed E-state index contributed by atoms with van der Waals surface area (Å²) in [6.45, 7) is 3.62. The minimum Gasteiger partial charge on any atom is -0.357 e. The number of nitrogens with one attached hydrogen (secondary N) is 1. The molecule has 3 rings (SSSR count). The van der Waals surface area contributed by atoms with Gasteiger partial charge < -0.3 is 10.2 Å². The summed E-state index contributed by atoms with van der Waals surface area (Å²) in [5.41, 5.74) is 0.878. The van der Waals surface area contributed by atoms with Crippen molar-refractivity contribution in [2.75, 3.05) is 18.4 Å². The Hall–Kier alpha value is -2.11. The lowest BCUT2D eigenvalue weighted by atomic mass is 10.3. The summed E-state index contributed by atoms with van der Waals surface area (Å²) < 4.78 is 1.74. The molecule has 1 N–H and O–H groups in total. The number of fused-ring (bicyclic) bond motifs is 1. The molecule has 6 heteroatoms. The summed E-state index contributed by atoms with van der Waals surface area (Å²) in [4.78, 5) is 18.4. The van der Waals surface area contributed by atoms with Crippen molar-refractivity contribution in [2.24, 2.45) is 0 Å². The highest BCUT2D eigenvalue weighted by atomic mass is 16.2. The minimum atomic E-state index is -0.272. The monoisotopic (exact) mass is 259 g/mol. The summed E-state index contributed by atoms with van der Waals surface area (Å²) >= 11 is 0. The van der Waals surface area contributed by atoms with Gasteiger partial charge in [-0.15, -0.1) is 0 Å². The van der Waals surface area contributed by atoms with E-state index >= 15 is 0 Å². The van der Waals surface area contributed by atoms with Crippen molar-refractivity contribution in [1.82, 2.24) is 19.5 Å². The van der Waals surface area contributed by atoms with E-state index in [1.807, 2.05) is 17.9 Å². The molecule has 1 aliphatic heterocycles. The molecule has 19 heavy (non-hydrogen) atoms. The molecule has 1 fully saturated rings. The highest BCUT2D eigenvalue weighted by Crippen LogP contribution is 2.15. The van der Waals surface area contributed by atoms with Gasteiger partial charge in [0.15, 0.2) is 5.82 Å². The average molecular weight is 259 g/mol. The number of amides is 1. The quantitative estimate of drug-likeness (QED) is 0.898. The molecule has 0 aliphatic carbocycles. The Bertz CT molecular complexity index is 587. The molecule has 0 spiro atoms. The molecular formula is C13H17N5O. The van der Waals surface area contributed by atoms with E-state index in [0.717, 1.165) is 31.4 Å². The van der Waals surface area contributed by atoms with E-state index in [1.54, 1.807) is 23.1 Å². The number of aromatic nitrogens is 3. The number of nitrogens with zero attached hydrogens (tertiary/aromatic N) is 4. The van der Waals surface area contributed by atoms with Gasteiger partial charge in [-0.3, -0.25) is 4.79 Å². The summed E-state index contributed by atoms with van der Waals surface area (Å²) in [6.07, 6.45) is 7.39. The molecule has 0 saturated carbocycles. The summed E-state index contributed by atoms with van der Waals surface area (Å²) in [5, 5.41) is 7.33. The first kappa shape index (κ1) is 12.0. The SMILES string of the molecule is CC(Nc1nccn2nccc12)C(=O)N1CCCC1. The maximum Gasteiger partial charge on any atom is 0.244 e. The Balaban J connectivity index is 1.76. The highest BCUT2D eigenvalue weighted by molar-refractivity contribution is 5.85. The van der Waals surface area contributed by atoms with Crippen LogP contribution in [0.5, 0.6) is 0 Å². The zero-order valence-electron chi connectivity index (χ0n) is 10.9. The van der Waals surface area contributed by atoms with Crippen molar-refractivity contribution in [2.45, 2.75) is 25.8 Å². The molecule has 6 nitrogen and oxygen atoms in total. The fraction of sp³-hybridized carbons (Fsp3) is 0.462. The summed E-state index contributed by atoms with van der Waals surface area (Å²) in [7, 11) is 0. The summed E-state index contributed by atoms with van der Waals surface area (Å²) in [5.74, 6) is 0.834. The molecule has 100 valence electrons. The Morgan fingerprint density at radius 1 is 1.37 bits per heavy atom. The minimum absolute atomic E-state index is 0.140. The molecule has 2 aromatic heterocycles. The van der Waals surface area contributed by atoms with Gasteiger partial charge in [0.2, 0.25) is 5.91 Å². The van der Waals surface area contributed by atoms with Crippen LogP contribution in [0.25, 0.3) is 5.52 Å². The van der Waals surface area contributed by atoms with Crippen LogP contribution in [-0.4, -0.2) is 44.5 Å². The number of anilines is 1. The van der Waals surface area contributed by atoms with Gasteiger partial charge in [0.05, 0.1) is 6.20 Å². The predicted molar refractivity (Wildman–Crippen MR) is 71.9 cm³/mol. The van der Waals surface area contributed by atoms with Gasteiger partial charge >= 0.3 is 0 Å². The van der Waals surface area contributed by atoms with Crippen LogP contribution in [-0.2, 0) is 4.79 Å². The number of likely N-dealkylation sites (tertiary alicyclic amines) is 1. The molecule has 1 atom stereocenters. The third kappa shape index (κ3) is 2.25. The fourth-order valence-electron chi connectivity index (χ4n) is 2.45. The maximum absolute atomic E-state index is 12.2. The van der Waals surface area contributed by atoms with Gasteiger partial charge in [-0.1, -0.05) is 0 Å². The van der Waals surface area contributed by atoms with Gasteiger partial charge in [0, 0.05) is 25.5 Å². The largest absolute Gasteiger partial charge is 0.357 e. The maximum atomic E-state index is 12.2. The van der Waals surface area contributed by atoms with Gasteiger partial charge in [0.1, 0.15) is 11.6 Å². The van der Waals surface area contributed by atoms with Crippen molar-refractivity contribution in [3.05, 3.63) is 24.7 Å². The summed E-state index contributed by atoms with van der Waals surface area (Å²) in [6, 6.07) is 1.61. The molecule has 0 aromatic carbocycles. The van der Waals surface area contributed by atoms with Gasteiger partial charge in [0.25, 0.3) is 0 Å². The first-order chi connectivity index (χ1) is 9.25. The lowest BCUT2D eigenvalue weighted by molar-refractivity contribution is -0.130. The first-order valence-electron chi connectivity index (χ1n) is 6.59. The van der Waals surface area contributed by atoms with E-state index in [9.17, 15) is 4.79 Å². The number of hydrogen-bond acceptors (Lipinski definition) is 4. The molecule has 1 amide bonds. The molecule has 1 aliphatic rings. The molecule has 0 bridgehead atoms. The van der Waals surface area contributed by atoms with Crippen LogP contribution in [0, 0.1) is 0 Å². The number of carbonyl (C=O) groups is 1. The van der Waals surface area contributed by atoms with Crippen molar-refractivity contribution in [3.8, 4) is 0 Å². The fourth-order valence-corrected chi connectivity index (χ4v) is 2.45. The van der Waals surface area contributed by atoms with Crippen LogP contribution in [0.2, 0.25) is 0 Å². The molecule has 0 radical (unpaired) electrons. The van der Waals surface area contributed by atoms with Crippen molar-refractivity contribution >= 4 is 17.2 Å². The Morgan fingerprint density at radius 3 is 2.95 bits per heavy atom. The lowest BCUT2D eigenvalue weighted by Crippen LogP contribution is -2.39. The van der Waals surface area contributed by atoms with Crippen LogP contribution in [0.15, 0.2) is 24.7 Å². The van der Waals surface area contributed by atoms with E-state index in [-0.39, 0.29) is 11.9 Å². The second kappa shape index (κ2) is 4.87. The standard InChI is InChI=1S/C13H17N5O/c1-10(13(19)17-7-2-3-8-17)16-12-11-4-5-15-18(11)9-6-14-12/h4-6,9-10H,2-3,7-8H2,1H3,(H,14,16). The Labute approximate surface area is 111 Å². The van der Waals surface area contributed by atoms with E-state index < -0.39 is 0 Å². The molecule has 2 aromatic rings. The van der Waals surface area contributed by atoms with Crippen LogP contribution in [0.3, 0.4) is 0 Å². The van der Waals surface area contributed by atoms with E-state index in [1.165, 1.54) is 0 Å². The molecule has 1 unspecified atom stereocenters. The third-order valence-corrected chi connectivity index (χ3v) is 3.47. The number of hydrogen-bond donors (Lipinski definition) is 1. The normalized spacial score (nSPS) is 16.8. The zero-order valence-corrected chi connectivity index (χ0v) is 10.9. The van der Waals surface area contributed by atoms with Gasteiger partial charge in [-0.2, -0.15) is 5.10 Å². The average Bonchev–Trinajstić information content (AvgIpc) is 3.09. The zero-order chi connectivity index (χ0) is 13.2. The van der Waals surface area contributed by atoms with Crippen molar-refractivity contribution < 1.29 is 4.79 Å². The van der Waals surface area contributed by atoms with E-state index in [2.05, 4.69) is 15.4 Å². The lowest BCUT2D eigenvalue weighted by Gasteiger charge is -2.21. The number of carbonyl (C=O) groups excluding carboxylic acids is 1. The predicted octanol–water partition coefficient (Wildman–Crippen LogP) is 1.15. The Morgan fingerprint density at radius 2 is 2.16 bits per heavy atom. The topological polar surface area (TPSA) is 62.5 Å². The molecule has 3 heterocycles. The number of rotatable bonds is 3. The van der Waals surface area contributed by atoms with Crippen LogP contribution >= 0.6 is 0 Å². The van der Waals surface area contributed by atoms with E-state index in [4.69, 9.17) is 0 Å². The Kier molecular flexibility index (Phi) is 3.06. The van der Waals surface area contributed by atoms with Gasteiger partial charge in [-0.05, 0) is 25.8 Å². The smallest absolute Gasteiger partial charge is 0.244 e. The third-order valence-electron chi connectivity index (χ3n) is 3.47. The van der Waals surface area contributed by atoms with Gasteiger partial charge in [-0.25, -0.2) is 9.50 Å². The van der Waals surface area contributed by atoms with Crippen molar-refractivity contribution in [3.63, 3.8) is 0 Å². The highest BCUT2D eigenvalue weighted by Gasteiger charge is 2.23. The van der Waals surface area contributed by atoms with Crippen LogP contribution in [0.4, 0.5) is 5.82 Å². The second-order valence-electron chi connectivity index (χ2n) is 4.84. The second-order valence-corrected chi connectivity index (χ2v) is 4.84. The van der Waals surface area contributed by atoms with E-state index in [0.29, 0.717) is 5.82 Å². The van der Waals surface area contributed by atoms with Crippen LogP contribution < -0.4 is 5.32 Å². The van der Waals surface area contributed by atoms with Crippen molar-refractivity contribution in [1.29, 1.82) is 0 Å². The van der Waals surface area contributed by atoms with Crippen LogP contribution in [0.1, 0.15) is 19.8 Å². The molecular weight excluding hydrogens is 242 g/mol. The first-order valence-corrected chi connectivity index (χ1v) is 6.59. The molecule has 1 saturated heterocycles.